The molecule has 1 aliphatic heterocycles. The highest BCUT2D eigenvalue weighted by atomic mass is 19.4. The molecule has 24 heavy (non-hydrogen) atoms. The van der Waals surface area contributed by atoms with Crippen molar-refractivity contribution in [2.75, 3.05) is 18.0 Å². The van der Waals surface area contributed by atoms with Crippen LogP contribution in [0.2, 0.25) is 0 Å². The number of pyridine rings is 1. The molecule has 3 rings (SSSR count). The van der Waals surface area contributed by atoms with Gasteiger partial charge in [0.25, 0.3) is 0 Å². The van der Waals surface area contributed by atoms with Crippen molar-refractivity contribution in [1.82, 2.24) is 10.3 Å². The fourth-order valence-electron chi connectivity index (χ4n) is 3.73. The van der Waals surface area contributed by atoms with Crippen molar-refractivity contribution in [2.24, 2.45) is 5.73 Å². The zero-order valence-corrected chi connectivity index (χ0v) is 13.7. The lowest BCUT2D eigenvalue weighted by atomic mass is 9.90. The Morgan fingerprint density at radius 2 is 1.92 bits per heavy atom. The Labute approximate surface area is 140 Å². The summed E-state index contributed by atoms with van der Waals surface area (Å²) in [5, 5.41) is 3.67. The summed E-state index contributed by atoms with van der Waals surface area (Å²) in [5.74, 6) is 0.613. The molecular formula is C17H25F3N4. The third-order valence-electron chi connectivity index (χ3n) is 5.09. The van der Waals surface area contributed by atoms with Gasteiger partial charge in [-0.3, -0.25) is 0 Å². The average molecular weight is 342 g/mol. The number of piperidine rings is 1. The van der Waals surface area contributed by atoms with E-state index in [1.165, 1.54) is 18.9 Å². The first-order valence-electron chi connectivity index (χ1n) is 8.73. The van der Waals surface area contributed by atoms with Crippen molar-refractivity contribution in [3.8, 4) is 0 Å². The number of hydrogen-bond donors (Lipinski definition) is 2. The first-order valence-corrected chi connectivity index (χ1v) is 8.73. The van der Waals surface area contributed by atoms with E-state index in [-0.39, 0.29) is 6.04 Å². The summed E-state index contributed by atoms with van der Waals surface area (Å²) in [7, 11) is 0. The molecule has 1 saturated carbocycles. The van der Waals surface area contributed by atoms with Crippen molar-refractivity contribution in [1.29, 1.82) is 0 Å². The molecule has 2 fully saturated rings. The smallest absolute Gasteiger partial charge is 0.355 e. The van der Waals surface area contributed by atoms with Crippen LogP contribution in [0.4, 0.5) is 19.0 Å². The summed E-state index contributed by atoms with van der Waals surface area (Å²) in [5.41, 5.74) is 5.50. The van der Waals surface area contributed by atoms with E-state index in [2.05, 4.69) is 15.2 Å². The van der Waals surface area contributed by atoms with Crippen molar-refractivity contribution in [2.45, 2.75) is 62.8 Å². The van der Waals surface area contributed by atoms with E-state index in [0.29, 0.717) is 17.9 Å². The van der Waals surface area contributed by atoms with Crippen LogP contribution in [0.25, 0.3) is 0 Å². The van der Waals surface area contributed by atoms with Gasteiger partial charge in [-0.2, -0.15) is 13.2 Å². The van der Waals surface area contributed by atoms with Gasteiger partial charge in [0.05, 0.1) is 5.56 Å². The second-order valence-electron chi connectivity index (χ2n) is 6.91. The molecule has 4 nitrogen and oxygen atoms in total. The molecule has 0 radical (unpaired) electrons. The summed E-state index contributed by atoms with van der Waals surface area (Å²) in [6, 6.07) is 3.45. The van der Waals surface area contributed by atoms with Crippen LogP contribution in [0.15, 0.2) is 18.3 Å². The zero-order chi connectivity index (χ0) is 17.2. The molecule has 0 aromatic carbocycles. The summed E-state index contributed by atoms with van der Waals surface area (Å²) < 4.78 is 37.9. The van der Waals surface area contributed by atoms with Gasteiger partial charge < -0.3 is 16.0 Å². The van der Waals surface area contributed by atoms with Crippen molar-refractivity contribution in [3.63, 3.8) is 0 Å². The maximum Gasteiger partial charge on any atom is 0.417 e. The molecule has 2 heterocycles. The van der Waals surface area contributed by atoms with Gasteiger partial charge in [-0.1, -0.05) is 12.8 Å². The molecule has 2 aliphatic rings. The minimum atomic E-state index is -4.34. The van der Waals surface area contributed by atoms with Crippen molar-refractivity contribution >= 4 is 5.82 Å². The summed E-state index contributed by atoms with van der Waals surface area (Å²) >= 11 is 0. The van der Waals surface area contributed by atoms with Crippen LogP contribution in [0.1, 0.15) is 44.1 Å². The van der Waals surface area contributed by atoms with Gasteiger partial charge >= 0.3 is 6.18 Å². The minimum absolute atomic E-state index is 0.207. The van der Waals surface area contributed by atoms with Gasteiger partial charge in [-0.15, -0.1) is 0 Å². The maximum absolute atomic E-state index is 12.6. The third-order valence-corrected chi connectivity index (χ3v) is 5.09. The number of anilines is 1. The summed E-state index contributed by atoms with van der Waals surface area (Å²) in [6.07, 6.45) is 3.24. The standard InChI is InChI=1S/C17H25F3N4/c18-17(19,20)12-7-8-16(22-10-12)24-9-3-4-13(11-24)23-15-6-2-1-5-14(15)21/h7-8,10,13-15,23H,1-6,9,11,21H2/t13-,14+,15+/m0/s1. The molecule has 3 N–H and O–H groups in total. The average Bonchev–Trinajstić information content (AvgIpc) is 2.57. The lowest BCUT2D eigenvalue weighted by Gasteiger charge is -2.38. The van der Waals surface area contributed by atoms with E-state index in [4.69, 9.17) is 5.73 Å². The summed E-state index contributed by atoms with van der Waals surface area (Å²) in [6.45, 7) is 1.59. The van der Waals surface area contributed by atoms with Gasteiger partial charge in [-0.05, 0) is 37.8 Å². The van der Waals surface area contributed by atoms with Crippen molar-refractivity contribution < 1.29 is 13.2 Å². The van der Waals surface area contributed by atoms with Gasteiger partial charge in [0.2, 0.25) is 0 Å². The molecular weight excluding hydrogens is 317 g/mol. The van der Waals surface area contributed by atoms with E-state index >= 15 is 0 Å². The van der Waals surface area contributed by atoms with Crippen molar-refractivity contribution in [3.05, 3.63) is 23.9 Å². The fourth-order valence-corrected chi connectivity index (χ4v) is 3.73. The number of hydrogen-bond acceptors (Lipinski definition) is 4. The van der Waals surface area contributed by atoms with Gasteiger partial charge in [-0.25, -0.2) is 4.98 Å². The van der Waals surface area contributed by atoms with Crippen LogP contribution in [0.5, 0.6) is 0 Å². The van der Waals surface area contributed by atoms with Crippen LogP contribution in [0, 0.1) is 0 Å². The largest absolute Gasteiger partial charge is 0.417 e. The zero-order valence-electron chi connectivity index (χ0n) is 13.7. The molecule has 134 valence electrons. The van der Waals surface area contributed by atoms with Crippen LogP contribution < -0.4 is 16.0 Å². The van der Waals surface area contributed by atoms with Crippen LogP contribution in [-0.2, 0) is 6.18 Å². The molecule has 0 unspecified atom stereocenters. The molecule has 0 amide bonds. The Balaban J connectivity index is 1.60. The molecule has 1 aromatic rings. The molecule has 1 saturated heterocycles. The molecule has 0 spiro atoms. The van der Waals surface area contributed by atoms with Crippen LogP contribution in [-0.4, -0.2) is 36.2 Å². The topological polar surface area (TPSA) is 54.2 Å². The molecule has 7 heteroatoms. The molecule has 1 aromatic heterocycles. The summed E-state index contributed by atoms with van der Waals surface area (Å²) in [4.78, 5) is 6.08. The van der Waals surface area contributed by atoms with E-state index < -0.39 is 11.7 Å². The number of nitrogens with one attached hydrogen (secondary N) is 1. The predicted molar refractivity (Wildman–Crippen MR) is 87.8 cm³/mol. The van der Waals surface area contributed by atoms with Crippen LogP contribution in [0.3, 0.4) is 0 Å². The highest BCUT2D eigenvalue weighted by Gasteiger charge is 2.31. The lowest BCUT2D eigenvalue weighted by molar-refractivity contribution is -0.137. The fraction of sp³-hybridized carbons (Fsp3) is 0.706. The molecule has 0 bridgehead atoms. The van der Waals surface area contributed by atoms with E-state index in [0.717, 1.165) is 51.0 Å². The SMILES string of the molecule is N[C@@H]1CCCC[C@H]1N[C@H]1CCCN(c2ccc(C(F)(F)F)cn2)C1. The molecule has 3 atom stereocenters. The second kappa shape index (κ2) is 7.27. The number of aromatic nitrogens is 1. The van der Waals surface area contributed by atoms with E-state index in [1.807, 2.05) is 0 Å². The lowest BCUT2D eigenvalue weighted by Crippen LogP contribution is -2.55. The van der Waals surface area contributed by atoms with Gasteiger partial charge in [0.15, 0.2) is 0 Å². The van der Waals surface area contributed by atoms with E-state index in [1.54, 1.807) is 0 Å². The highest BCUT2D eigenvalue weighted by Crippen LogP contribution is 2.30. The Morgan fingerprint density at radius 1 is 1.12 bits per heavy atom. The number of halogens is 3. The number of rotatable bonds is 3. The molecule has 1 aliphatic carbocycles. The van der Waals surface area contributed by atoms with Gasteiger partial charge in [0.1, 0.15) is 5.82 Å². The maximum atomic E-state index is 12.6. The number of nitrogens with two attached hydrogens (primary N) is 1. The normalized spacial score (nSPS) is 28.8. The third kappa shape index (κ3) is 4.19. The first-order chi connectivity index (χ1) is 11.4. The number of nitrogens with zero attached hydrogens (tertiary/aromatic N) is 2. The Morgan fingerprint density at radius 3 is 2.58 bits per heavy atom. The van der Waals surface area contributed by atoms with Gasteiger partial charge in [0, 0.05) is 37.4 Å². The monoisotopic (exact) mass is 342 g/mol. The second-order valence-corrected chi connectivity index (χ2v) is 6.91. The number of alkyl halides is 3. The predicted octanol–water partition coefficient (Wildman–Crippen LogP) is 2.93. The van der Waals surface area contributed by atoms with Crippen LogP contribution >= 0.6 is 0 Å². The van der Waals surface area contributed by atoms with E-state index in [9.17, 15) is 13.2 Å². The Hall–Kier alpha value is -1.34. The Kier molecular flexibility index (Phi) is 5.30. The minimum Gasteiger partial charge on any atom is -0.355 e. The quantitative estimate of drug-likeness (QED) is 0.887. The Bertz CT molecular complexity index is 532. The highest BCUT2D eigenvalue weighted by molar-refractivity contribution is 5.40. The first kappa shape index (κ1) is 17.5.